The summed E-state index contributed by atoms with van der Waals surface area (Å²) in [6, 6.07) is 13.0. The number of halogens is 1. The Morgan fingerprint density at radius 3 is 1.63 bits per heavy atom. The van der Waals surface area contributed by atoms with Gasteiger partial charge in [-0.2, -0.15) is 0 Å². The number of ether oxygens (including phenoxy) is 6. The van der Waals surface area contributed by atoms with E-state index in [1.54, 1.807) is 12.1 Å². The molecule has 0 amide bonds. The topological polar surface area (TPSA) is 89.5 Å². The Labute approximate surface area is 208 Å². The lowest BCUT2D eigenvalue weighted by molar-refractivity contribution is -0.151. The molecule has 2 atom stereocenters. The van der Waals surface area contributed by atoms with Crippen LogP contribution in [-0.4, -0.2) is 64.8 Å². The number of carbonyl (C=O) groups excluding carboxylic acids is 2. The van der Waals surface area contributed by atoms with Crippen LogP contribution in [0.5, 0.6) is 11.5 Å². The lowest BCUT2D eigenvalue weighted by atomic mass is 10.0. The van der Waals surface area contributed by atoms with E-state index in [4.69, 9.17) is 40.0 Å². The molecule has 0 saturated carbocycles. The van der Waals surface area contributed by atoms with Crippen LogP contribution >= 0.6 is 11.6 Å². The maximum atomic E-state index is 11.5. The van der Waals surface area contributed by atoms with Crippen LogP contribution in [-0.2, 0) is 28.5 Å². The molecule has 188 valence electrons. The molecule has 0 aliphatic heterocycles. The molecule has 0 spiro atoms. The quantitative estimate of drug-likeness (QED) is 0.262. The van der Waals surface area contributed by atoms with Gasteiger partial charge < -0.3 is 28.4 Å². The Kier molecular flexibility index (Phi) is 9.54. The molecule has 8 nitrogen and oxygen atoms in total. The van der Waals surface area contributed by atoms with Crippen molar-refractivity contribution in [3.8, 4) is 11.5 Å². The summed E-state index contributed by atoms with van der Waals surface area (Å²) in [5.74, 6) is 0.336. The van der Waals surface area contributed by atoms with Gasteiger partial charge in [-0.25, -0.2) is 0 Å². The SMILES string of the molecule is COCC(COc1c2ccccc2c(OCC(COC)OC(C)=O)c2cc(Cl)ccc12)OC(C)=O. The van der Waals surface area contributed by atoms with E-state index in [-0.39, 0.29) is 26.4 Å². The fraction of sp³-hybridized carbons (Fsp3) is 0.385. The van der Waals surface area contributed by atoms with Gasteiger partial charge in [0.2, 0.25) is 0 Å². The first-order valence-corrected chi connectivity index (χ1v) is 11.4. The second kappa shape index (κ2) is 12.6. The first-order valence-electron chi connectivity index (χ1n) is 11.1. The standard InChI is InChI=1S/C26H29ClO8/c1-16(28)34-19(12-30-3)14-32-25-21-7-5-6-8-22(21)26(24-11-18(27)9-10-23(24)25)33-15-20(13-31-4)35-17(2)29/h5-11,19-20H,12-15H2,1-4H3. The molecule has 3 aromatic carbocycles. The largest absolute Gasteiger partial charge is 0.488 e. The van der Waals surface area contributed by atoms with Crippen molar-refractivity contribution in [1.29, 1.82) is 0 Å². The maximum absolute atomic E-state index is 11.5. The van der Waals surface area contributed by atoms with E-state index in [1.165, 1.54) is 28.1 Å². The monoisotopic (exact) mass is 504 g/mol. The molecule has 0 heterocycles. The van der Waals surface area contributed by atoms with E-state index in [2.05, 4.69) is 0 Å². The summed E-state index contributed by atoms with van der Waals surface area (Å²) >= 11 is 6.34. The summed E-state index contributed by atoms with van der Waals surface area (Å²) in [6.45, 7) is 3.24. The molecule has 3 aromatic rings. The molecule has 0 aliphatic carbocycles. The molecule has 2 unspecified atom stereocenters. The molecule has 35 heavy (non-hydrogen) atoms. The van der Waals surface area contributed by atoms with Crippen LogP contribution in [0, 0.1) is 0 Å². The van der Waals surface area contributed by atoms with Gasteiger partial charge in [0, 0.05) is 54.6 Å². The summed E-state index contributed by atoms with van der Waals surface area (Å²) in [5, 5.41) is 3.59. The van der Waals surface area contributed by atoms with E-state index in [0.717, 1.165) is 21.5 Å². The predicted octanol–water partition coefficient (Wildman–Crippen LogP) is 4.56. The van der Waals surface area contributed by atoms with Crippen LogP contribution in [0.3, 0.4) is 0 Å². The number of methoxy groups -OCH3 is 2. The van der Waals surface area contributed by atoms with Gasteiger partial charge in [0.1, 0.15) is 24.7 Å². The van der Waals surface area contributed by atoms with Gasteiger partial charge in [0.05, 0.1) is 13.2 Å². The Morgan fingerprint density at radius 2 is 1.17 bits per heavy atom. The molecule has 0 bridgehead atoms. The maximum Gasteiger partial charge on any atom is 0.303 e. The van der Waals surface area contributed by atoms with Crippen molar-refractivity contribution < 1.29 is 38.0 Å². The van der Waals surface area contributed by atoms with Crippen LogP contribution in [0.1, 0.15) is 13.8 Å². The van der Waals surface area contributed by atoms with E-state index in [0.29, 0.717) is 16.5 Å². The minimum atomic E-state index is -0.583. The third-order valence-corrected chi connectivity index (χ3v) is 5.32. The van der Waals surface area contributed by atoms with Gasteiger partial charge in [0.25, 0.3) is 0 Å². The number of carbonyl (C=O) groups is 2. The van der Waals surface area contributed by atoms with Gasteiger partial charge in [-0.1, -0.05) is 35.9 Å². The zero-order valence-electron chi connectivity index (χ0n) is 20.2. The van der Waals surface area contributed by atoms with Crippen molar-refractivity contribution in [2.75, 3.05) is 40.6 Å². The van der Waals surface area contributed by atoms with Crippen LogP contribution in [0.25, 0.3) is 21.5 Å². The number of fused-ring (bicyclic) bond motifs is 2. The van der Waals surface area contributed by atoms with Crippen molar-refractivity contribution >= 4 is 45.1 Å². The summed E-state index contributed by atoms with van der Waals surface area (Å²) in [6.07, 6.45) is -1.16. The predicted molar refractivity (Wildman–Crippen MR) is 132 cm³/mol. The van der Waals surface area contributed by atoms with Crippen LogP contribution in [0.4, 0.5) is 0 Å². The van der Waals surface area contributed by atoms with E-state index < -0.39 is 24.1 Å². The summed E-state index contributed by atoms with van der Waals surface area (Å²) < 4.78 is 33.4. The zero-order chi connectivity index (χ0) is 25.4. The minimum Gasteiger partial charge on any atom is -0.488 e. The van der Waals surface area contributed by atoms with Gasteiger partial charge in [-0.3, -0.25) is 9.59 Å². The molecule has 0 aromatic heterocycles. The highest BCUT2D eigenvalue weighted by Crippen LogP contribution is 2.43. The summed E-state index contributed by atoms with van der Waals surface area (Å²) in [4.78, 5) is 23.0. The van der Waals surface area contributed by atoms with Crippen LogP contribution in [0.15, 0.2) is 42.5 Å². The van der Waals surface area contributed by atoms with Crippen molar-refractivity contribution in [2.45, 2.75) is 26.1 Å². The third-order valence-electron chi connectivity index (χ3n) is 5.08. The van der Waals surface area contributed by atoms with E-state index >= 15 is 0 Å². The second-order valence-electron chi connectivity index (χ2n) is 7.89. The highest BCUT2D eigenvalue weighted by Gasteiger charge is 2.21. The molecule has 0 N–H and O–H groups in total. The van der Waals surface area contributed by atoms with Crippen LogP contribution in [0.2, 0.25) is 5.02 Å². The second-order valence-corrected chi connectivity index (χ2v) is 8.33. The number of hydrogen-bond donors (Lipinski definition) is 0. The molecule has 0 saturated heterocycles. The molecular weight excluding hydrogens is 476 g/mol. The number of benzene rings is 3. The highest BCUT2D eigenvalue weighted by molar-refractivity contribution is 6.31. The van der Waals surface area contributed by atoms with E-state index in [9.17, 15) is 9.59 Å². The lowest BCUT2D eigenvalue weighted by Crippen LogP contribution is -2.29. The summed E-state index contributed by atoms with van der Waals surface area (Å²) in [5.41, 5.74) is 0. The molecule has 0 fully saturated rings. The summed E-state index contributed by atoms with van der Waals surface area (Å²) in [7, 11) is 3.06. The molecule has 9 heteroatoms. The molecule has 0 aliphatic rings. The minimum absolute atomic E-state index is 0.0849. The van der Waals surface area contributed by atoms with Gasteiger partial charge in [-0.05, 0) is 18.2 Å². The Hall–Kier alpha value is -3.07. The fourth-order valence-electron chi connectivity index (χ4n) is 3.81. The average molecular weight is 505 g/mol. The number of hydrogen-bond acceptors (Lipinski definition) is 8. The Bertz CT molecular complexity index is 1180. The van der Waals surface area contributed by atoms with E-state index in [1.807, 2.05) is 30.3 Å². The Morgan fingerprint density at radius 1 is 0.714 bits per heavy atom. The highest BCUT2D eigenvalue weighted by atomic mass is 35.5. The van der Waals surface area contributed by atoms with Gasteiger partial charge in [0.15, 0.2) is 12.2 Å². The smallest absolute Gasteiger partial charge is 0.303 e. The van der Waals surface area contributed by atoms with Crippen molar-refractivity contribution in [1.82, 2.24) is 0 Å². The third kappa shape index (κ3) is 6.97. The van der Waals surface area contributed by atoms with Crippen molar-refractivity contribution in [2.24, 2.45) is 0 Å². The first-order chi connectivity index (χ1) is 16.8. The van der Waals surface area contributed by atoms with Gasteiger partial charge in [-0.15, -0.1) is 0 Å². The average Bonchev–Trinajstić information content (AvgIpc) is 2.80. The normalized spacial score (nSPS) is 12.8. The van der Waals surface area contributed by atoms with Crippen molar-refractivity contribution in [3.05, 3.63) is 47.5 Å². The van der Waals surface area contributed by atoms with Crippen LogP contribution < -0.4 is 9.47 Å². The Balaban J connectivity index is 2.05. The van der Waals surface area contributed by atoms with Gasteiger partial charge >= 0.3 is 11.9 Å². The fourth-order valence-corrected chi connectivity index (χ4v) is 3.98. The number of esters is 2. The van der Waals surface area contributed by atoms with Crippen molar-refractivity contribution in [3.63, 3.8) is 0 Å². The molecule has 3 rings (SSSR count). The first kappa shape index (κ1) is 26.5. The molecular formula is C26H29ClO8. The zero-order valence-corrected chi connectivity index (χ0v) is 20.9. The number of rotatable bonds is 12. The lowest BCUT2D eigenvalue weighted by Gasteiger charge is -2.22. The molecule has 0 radical (unpaired) electrons.